The summed E-state index contributed by atoms with van der Waals surface area (Å²) in [5.74, 6) is -0.585. The Hall–Kier alpha value is -2.34. The number of pyridine rings is 1. The summed E-state index contributed by atoms with van der Waals surface area (Å²) >= 11 is 4.96. The second-order valence-electron chi connectivity index (χ2n) is 8.53. The Morgan fingerprint density at radius 1 is 1.31 bits per heavy atom. The van der Waals surface area contributed by atoms with Crippen molar-refractivity contribution in [1.29, 1.82) is 0 Å². The molecule has 0 aromatic carbocycles. The second-order valence-corrected chi connectivity index (χ2v) is 10.8. The van der Waals surface area contributed by atoms with Crippen LogP contribution in [0.3, 0.4) is 0 Å². The van der Waals surface area contributed by atoms with Gasteiger partial charge < -0.3 is 15.8 Å². The molecular weight excluding hydrogens is 496 g/mol. The number of halogens is 1. The first-order chi connectivity index (χ1) is 15.3. The van der Waals surface area contributed by atoms with Gasteiger partial charge in [-0.15, -0.1) is 11.3 Å². The number of hydrogen-bond donors (Lipinski definition) is 2. The third kappa shape index (κ3) is 3.83. The van der Waals surface area contributed by atoms with Crippen LogP contribution in [-0.2, 0) is 9.53 Å². The summed E-state index contributed by atoms with van der Waals surface area (Å²) in [6, 6.07) is 1.88. The minimum absolute atomic E-state index is 0.0619. The van der Waals surface area contributed by atoms with E-state index in [9.17, 15) is 9.59 Å². The predicted octanol–water partition coefficient (Wildman–Crippen LogP) is 2.68. The highest BCUT2D eigenvalue weighted by molar-refractivity contribution is 9.11. The number of ether oxygens (including phenoxy) is 1. The predicted molar refractivity (Wildman–Crippen MR) is 125 cm³/mol. The van der Waals surface area contributed by atoms with Crippen LogP contribution in [0.2, 0.25) is 0 Å². The number of primary amides is 1. The lowest BCUT2D eigenvalue weighted by molar-refractivity contribution is -0.124. The quantitative estimate of drug-likeness (QED) is 0.536. The number of likely N-dealkylation sites (tertiary alicyclic amines) is 1. The molecule has 0 bridgehead atoms. The first-order valence-corrected chi connectivity index (χ1v) is 12.0. The van der Waals surface area contributed by atoms with E-state index in [0.717, 1.165) is 59.9 Å². The van der Waals surface area contributed by atoms with Gasteiger partial charge >= 0.3 is 0 Å². The number of nitrogens with one attached hydrogen (secondary N) is 1. The Kier molecular flexibility index (Phi) is 5.52. The van der Waals surface area contributed by atoms with Crippen LogP contribution < -0.4 is 11.1 Å². The van der Waals surface area contributed by atoms with Crippen LogP contribution in [0, 0.1) is 12.3 Å². The highest BCUT2D eigenvalue weighted by Crippen LogP contribution is 2.40. The Morgan fingerprint density at radius 2 is 2.06 bits per heavy atom. The molecule has 2 aliphatic rings. The fraction of sp³-hybridized carbons (Fsp3) is 0.429. The Morgan fingerprint density at radius 3 is 2.78 bits per heavy atom. The zero-order valence-corrected chi connectivity index (χ0v) is 20.0. The molecule has 1 spiro atoms. The molecule has 168 valence electrons. The summed E-state index contributed by atoms with van der Waals surface area (Å²) in [5, 5.41) is 7.30. The molecule has 0 unspecified atom stereocenters. The number of nitrogens with zero attached hydrogens (tertiary/aromatic N) is 4. The van der Waals surface area contributed by atoms with Crippen LogP contribution in [0.4, 0.5) is 5.69 Å². The van der Waals surface area contributed by atoms with E-state index < -0.39 is 5.91 Å². The standard InChI is InChI=1S/C21H23BrN6O3S/c1-12-14(17-18(22)32-20-15(19(23)30)8-25-28(17)20)6-13(7-24-12)26-16(29)9-27-10-21(11-27)2-4-31-5-3-21/h6-8H,2-5,9-11H2,1H3,(H2,23,30)(H,26,29). The monoisotopic (exact) mass is 518 g/mol. The fourth-order valence-corrected chi connectivity index (χ4v) is 6.37. The molecule has 2 amide bonds. The van der Waals surface area contributed by atoms with Crippen molar-refractivity contribution in [3.05, 3.63) is 33.5 Å². The molecule has 0 saturated carbocycles. The van der Waals surface area contributed by atoms with E-state index in [1.54, 1.807) is 10.7 Å². The molecule has 32 heavy (non-hydrogen) atoms. The molecule has 9 nitrogen and oxygen atoms in total. The normalized spacial score (nSPS) is 18.1. The van der Waals surface area contributed by atoms with Gasteiger partial charge in [-0.1, -0.05) is 0 Å². The van der Waals surface area contributed by atoms with E-state index >= 15 is 0 Å². The maximum atomic E-state index is 12.6. The van der Waals surface area contributed by atoms with E-state index in [1.807, 2.05) is 13.0 Å². The van der Waals surface area contributed by atoms with Gasteiger partial charge in [-0.25, -0.2) is 4.52 Å². The lowest BCUT2D eigenvalue weighted by atomic mass is 9.73. The molecule has 5 heterocycles. The van der Waals surface area contributed by atoms with Gasteiger partial charge in [0.15, 0.2) is 0 Å². The smallest absolute Gasteiger partial charge is 0.253 e. The van der Waals surface area contributed by atoms with Crippen molar-refractivity contribution in [3.63, 3.8) is 0 Å². The number of anilines is 1. The van der Waals surface area contributed by atoms with Crippen molar-refractivity contribution < 1.29 is 14.3 Å². The largest absolute Gasteiger partial charge is 0.381 e. The summed E-state index contributed by atoms with van der Waals surface area (Å²) in [5.41, 5.74) is 9.14. The van der Waals surface area contributed by atoms with Gasteiger partial charge in [-0.2, -0.15) is 5.10 Å². The topological polar surface area (TPSA) is 115 Å². The number of nitrogens with two attached hydrogens (primary N) is 1. The van der Waals surface area contributed by atoms with Crippen molar-refractivity contribution in [2.45, 2.75) is 19.8 Å². The minimum atomic E-state index is -0.523. The number of rotatable bonds is 5. The zero-order valence-electron chi connectivity index (χ0n) is 17.6. The molecule has 2 saturated heterocycles. The van der Waals surface area contributed by atoms with Gasteiger partial charge in [0.25, 0.3) is 5.91 Å². The molecule has 2 aliphatic heterocycles. The molecule has 2 fully saturated rings. The van der Waals surface area contributed by atoms with Crippen molar-refractivity contribution in [2.75, 3.05) is 38.2 Å². The minimum Gasteiger partial charge on any atom is -0.381 e. The molecule has 3 aromatic heterocycles. The number of hydrogen-bond acceptors (Lipinski definition) is 7. The SMILES string of the molecule is Cc1ncc(NC(=O)CN2CC3(CCOCC3)C2)cc1-c1c(Br)sc2c(C(N)=O)cnn12. The highest BCUT2D eigenvalue weighted by atomic mass is 79.9. The molecule has 0 radical (unpaired) electrons. The summed E-state index contributed by atoms with van der Waals surface area (Å²) < 4.78 is 7.94. The van der Waals surface area contributed by atoms with E-state index in [0.29, 0.717) is 28.0 Å². The molecule has 3 aromatic rings. The van der Waals surface area contributed by atoms with Gasteiger partial charge in [0.2, 0.25) is 5.91 Å². The number of thiazole rings is 1. The van der Waals surface area contributed by atoms with Gasteiger partial charge in [0.05, 0.1) is 39.7 Å². The summed E-state index contributed by atoms with van der Waals surface area (Å²) in [6.45, 7) is 5.79. The first-order valence-electron chi connectivity index (χ1n) is 10.4. The molecule has 0 aliphatic carbocycles. The van der Waals surface area contributed by atoms with Gasteiger partial charge in [-0.05, 0) is 41.8 Å². The third-order valence-electron chi connectivity index (χ3n) is 6.24. The maximum Gasteiger partial charge on any atom is 0.253 e. The lowest BCUT2D eigenvalue weighted by Crippen LogP contribution is -2.59. The van der Waals surface area contributed by atoms with Gasteiger partial charge in [0.1, 0.15) is 4.83 Å². The van der Waals surface area contributed by atoms with Crippen LogP contribution in [0.25, 0.3) is 16.1 Å². The number of carbonyl (C=O) groups excluding carboxylic acids is 2. The number of fused-ring (bicyclic) bond motifs is 1. The number of amides is 2. The molecular formula is C21H23BrN6O3S. The number of aryl methyl sites for hydroxylation is 1. The van der Waals surface area contributed by atoms with Gasteiger partial charge in [0, 0.05) is 43.0 Å². The fourth-order valence-electron chi connectivity index (χ4n) is 4.58. The molecule has 0 atom stereocenters. The Bertz CT molecular complexity index is 1210. The zero-order chi connectivity index (χ0) is 22.5. The van der Waals surface area contributed by atoms with E-state index in [2.05, 4.69) is 36.2 Å². The van der Waals surface area contributed by atoms with E-state index in [-0.39, 0.29) is 5.91 Å². The van der Waals surface area contributed by atoms with Crippen molar-refractivity contribution in [2.24, 2.45) is 11.1 Å². The molecule has 3 N–H and O–H groups in total. The van der Waals surface area contributed by atoms with Crippen LogP contribution in [-0.4, -0.2) is 64.2 Å². The van der Waals surface area contributed by atoms with Crippen LogP contribution in [0.15, 0.2) is 22.2 Å². The summed E-state index contributed by atoms with van der Waals surface area (Å²) in [6.07, 6.45) is 5.27. The van der Waals surface area contributed by atoms with E-state index in [4.69, 9.17) is 10.5 Å². The van der Waals surface area contributed by atoms with Crippen LogP contribution >= 0.6 is 27.3 Å². The van der Waals surface area contributed by atoms with Gasteiger partial charge in [-0.3, -0.25) is 19.5 Å². The number of aromatic nitrogens is 3. The maximum absolute atomic E-state index is 12.6. The third-order valence-corrected chi connectivity index (χ3v) is 8.06. The summed E-state index contributed by atoms with van der Waals surface area (Å²) in [7, 11) is 0. The number of carbonyl (C=O) groups is 2. The average molecular weight is 519 g/mol. The first kappa shape index (κ1) is 21.5. The lowest BCUT2D eigenvalue weighted by Gasteiger charge is -2.52. The Balaban J connectivity index is 1.33. The molecule has 5 rings (SSSR count). The van der Waals surface area contributed by atoms with E-state index in [1.165, 1.54) is 17.5 Å². The van der Waals surface area contributed by atoms with Crippen molar-refractivity contribution in [1.82, 2.24) is 19.5 Å². The molecule has 11 heteroatoms. The average Bonchev–Trinajstić information content (AvgIpc) is 3.27. The summed E-state index contributed by atoms with van der Waals surface area (Å²) in [4.78, 5) is 31.6. The van der Waals surface area contributed by atoms with Crippen LogP contribution in [0.5, 0.6) is 0 Å². The highest BCUT2D eigenvalue weighted by Gasteiger charge is 2.44. The Labute approximate surface area is 197 Å². The van der Waals surface area contributed by atoms with Crippen LogP contribution in [0.1, 0.15) is 28.9 Å². The van der Waals surface area contributed by atoms with Crippen molar-refractivity contribution in [3.8, 4) is 11.3 Å². The van der Waals surface area contributed by atoms with Crippen molar-refractivity contribution >= 4 is 49.6 Å². The second kappa shape index (κ2) is 8.22.